The second-order valence-electron chi connectivity index (χ2n) is 7.12. The van der Waals surface area contributed by atoms with E-state index >= 15 is 0 Å². The number of nitrogens with zero attached hydrogens (tertiary/aromatic N) is 3. The molecule has 30 heavy (non-hydrogen) atoms. The number of halogens is 2. The molecular weight excluding hydrogens is 408 g/mol. The van der Waals surface area contributed by atoms with Crippen molar-refractivity contribution in [2.24, 2.45) is 4.99 Å². The van der Waals surface area contributed by atoms with E-state index in [1.54, 1.807) is 30.5 Å². The Bertz CT molecular complexity index is 812. The van der Waals surface area contributed by atoms with Gasteiger partial charge in [0.2, 0.25) is 0 Å². The van der Waals surface area contributed by atoms with Gasteiger partial charge in [0.05, 0.1) is 5.01 Å². The van der Waals surface area contributed by atoms with Crippen LogP contribution in [0, 0.1) is 0 Å². The fourth-order valence-corrected chi connectivity index (χ4v) is 4.33. The summed E-state index contributed by atoms with van der Waals surface area (Å²) in [4.78, 5) is 12.4. The lowest BCUT2D eigenvalue weighted by Crippen LogP contribution is -2.51. The van der Waals surface area contributed by atoms with Crippen LogP contribution < -0.4 is 20.3 Å². The van der Waals surface area contributed by atoms with Gasteiger partial charge in [-0.2, -0.15) is 8.78 Å². The minimum Gasteiger partial charge on any atom is -0.435 e. The Morgan fingerprint density at radius 3 is 2.83 bits per heavy atom. The van der Waals surface area contributed by atoms with Gasteiger partial charge < -0.3 is 20.3 Å². The lowest BCUT2D eigenvalue weighted by molar-refractivity contribution is -0.0498. The second kappa shape index (κ2) is 11.1. The Kier molecular flexibility index (Phi) is 8.24. The molecule has 2 aromatic rings. The van der Waals surface area contributed by atoms with Crippen LogP contribution in [0.15, 0.2) is 35.5 Å². The van der Waals surface area contributed by atoms with Crippen LogP contribution in [-0.4, -0.2) is 50.3 Å². The summed E-state index contributed by atoms with van der Waals surface area (Å²) in [6.45, 7) is 1.87. The minimum atomic E-state index is -2.80. The maximum absolute atomic E-state index is 12.3. The number of hydrogen-bond donors (Lipinski definition) is 2. The molecule has 0 aliphatic carbocycles. The molecule has 1 fully saturated rings. The summed E-state index contributed by atoms with van der Waals surface area (Å²) in [6.07, 6.45) is 5.94. The molecule has 2 heterocycles. The number of benzene rings is 1. The largest absolute Gasteiger partial charge is 0.435 e. The van der Waals surface area contributed by atoms with Crippen molar-refractivity contribution in [2.75, 3.05) is 31.6 Å². The molecule has 1 unspecified atom stereocenters. The molecule has 1 aliphatic rings. The third-order valence-corrected chi connectivity index (χ3v) is 6.20. The number of nitrogens with one attached hydrogen (secondary N) is 2. The normalized spacial score (nSPS) is 17.3. The molecule has 0 amide bonds. The molecule has 1 saturated heterocycles. The van der Waals surface area contributed by atoms with Gasteiger partial charge in [-0.3, -0.25) is 4.99 Å². The topological polar surface area (TPSA) is 61.8 Å². The van der Waals surface area contributed by atoms with Gasteiger partial charge in [0, 0.05) is 55.9 Å². The zero-order chi connectivity index (χ0) is 21.3. The Hall–Kier alpha value is -2.42. The van der Waals surface area contributed by atoms with E-state index in [1.807, 2.05) is 18.3 Å². The highest BCUT2D eigenvalue weighted by Gasteiger charge is 2.21. The van der Waals surface area contributed by atoms with Crippen molar-refractivity contribution in [1.29, 1.82) is 0 Å². The third kappa shape index (κ3) is 6.55. The van der Waals surface area contributed by atoms with Crippen LogP contribution in [0.1, 0.15) is 29.7 Å². The summed E-state index contributed by atoms with van der Waals surface area (Å²) in [7, 11) is 1.77. The number of hydrogen-bond acceptors (Lipinski definition) is 5. The Morgan fingerprint density at radius 2 is 2.17 bits per heavy atom. The Balaban J connectivity index is 1.47. The molecule has 0 spiro atoms. The van der Waals surface area contributed by atoms with Crippen molar-refractivity contribution in [3.05, 3.63) is 40.3 Å². The molecule has 1 aromatic heterocycles. The number of thiazole rings is 1. The predicted molar refractivity (Wildman–Crippen MR) is 118 cm³/mol. The predicted octanol–water partition coefficient (Wildman–Crippen LogP) is 3.68. The van der Waals surface area contributed by atoms with Crippen LogP contribution in [0.5, 0.6) is 5.75 Å². The average Bonchev–Trinajstić information content (AvgIpc) is 3.21. The first kappa shape index (κ1) is 22.3. The summed E-state index contributed by atoms with van der Waals surface area (Å²) in [5, 5.41) is 8.01. The quantitative estimate of drug-likeness (QED) is 0.487. The summed E-state index contributed by atoms with van der Waals surface area (Å²) in [5.74, 6) is 0.964. The zero-order valence-electron chi connectivity index (χ0n) is 17.4. The molecule has 2 N–H and O–H groups in total. The maximum atomic E-state index is 12.3. The van der Waals surface area contributed by atoms with Crippen molar-refractivity contribution >= 4 is 23.0 Å². The van der Waals surface area contributed by atoms with Gasteiger partial charge in [-0.1, -0.05) is 6.92 Å². The lowest BCUT2D eigenvalue weighted by atomic mass is 10.0. The average molecular weight is 438 g/mol. The van der Waals surface area contributed by atoms with Crippen LogP contribution in [0.4, 0.5) is 14.5 Å². The SMILES string of the molecule is CCc1cnc(CCNC(=NC)NC2CCCN(c3ccc(OC(F)F)cc3)C2)s1. The van der Waals surface area contributed by atoms with Crippen molar-refractivity contribution in [2.45, 2.75) is 45.3 Å². The standard InChI is InChI=1S/C21H29F2N5OS/c1-3-18-13-26-19(30-18)10-11-25-21(24-2)27-15-5-4-12-28(14-15)16-6-8-17(9-7-16)29-20(22)23/h6-9,13,15,20H,3-5,10-12,14H2,1-2H3,(H2,24,25,27). The van der Waals surface area contributed by atoms with E-state index in [0.29, 0.717) is 0 Å². The summed E-state index contributed by atoms with van der Waals surface area (Å²) >= 11 is 1.76. The molecule has 0 saturated carbocycles. The van der Waals surface area contributed by atoms with E-state index in [2.05, 4.69) is 37.2 Å². The van der Waals surface area contributed by atoms with E-state index in [-0.39, 0.29) is 11.8 Å². The number of alkyl halides is 2. The molecule has 1 atom stereocenters. The number of aryl methyl sites for hydroxylation is 1. The molecule has 3 rings (SSSR count). The van der Waals surface area contributed by atoms with Crippen molar-refractivity contribution < 1.29 is 13.5 Å². The number of anilines is 1. The molecule has 0 bridgehead atoms. The summed E-state index contributed by atoms with van der Waals surface area (Å²) < 4.78 is 29.1. The first-order valence-corrected chi connectivity index (χ1v) is 11.1. The number of aliphatic imine (C=N–C) groups is 1. The van der Waals surface area contributed by atoms with Crippen molar-refractivity contribution in [3.8, 4) is 5.75 Å². The van der Waals surface area contributed by atoms with Gasteiger partial charge >= 0.3 is 6.61 Å². The highest BCUT2D eigenvalue weighted by molar-refractivity contribution is 7.11. The van der Waals surface area contributed by atoms with Crippen LogP contribution >= 0.6 is 11.3 Å². The monoisotopic (exact) mass is 437 g/mol. The molecule has 1 aliphatic heterocycles. The zero-order valence-corrected chi connectivity index (χ0v) is 18.2. The van der Waals surface area contributed by atoms with Gasteiger partial charge in [-0.05, 0) is 43.5 Å². The molecule has 1 aromatic carbocycles. The first-order valence-electron chi connectivity index (χ1n) is 10.3. The lowest BCUT2D eigenvalue weighted by Gasteiger charge is -2.35. The van der Waals surface area contributed by atoms with E-state index < -0.39 is 6.61 Å². The number of piperidine rings is 1. The third-order valence-electron chi connectivity index (χ3n) is 4.99. The highest BCUT2D eigenvalue weighted by atomic mass is 32.1. The Morgan fingerprint density at radius 1 is 1.37 bits per heavy atom. The fraction of sp³-hybridized carbons (Fsp3) is 0.524. The second-order valence-corrected chi connectivity index (χ2v) is 8.32. The van der Waals surface area contributed by atoms with Crippen LogP contribution in [0.25, 0.3) is 0 Å². The fourth-order valence-electron chi connectivity index (χ4n) is 3.47. The van der Waals surface area contributed by atoms with E-state index in [4.69, 9.17) is 0 Å². The molecule has 6 nitrogen and oxygen atoms in total. The smallest absolute Gasteiger partial charge is 0.387 e. The van der Waals surface area contributed by atoms with Gasteiger partial charge in [0.1, 0.15) is 5.75 Å². The van der Waals surface area contributed by atoms with E-state index in [9.17, 15) is 8.78 Å². The van der Waals surface area contributed by atoms with E-state index in [0.717, 1.165) is 62.0 Å². The van der Waals surface area contributed by atoms with Crippen molar-refractivity contribution in [1.82, 2.24) is 15.6 Å². The molecular formula is C21H29F2N5OS. The summed E-state index contributed by atoms with van der Waals surface area (Å²) in [5.41, 5.74) is 1.00. The van der Waals surface area contributed by atoms with Gasteiger partial charge in [-0.25, -0.2) is 4.98 Å². The van der Waals surface area contributed by atoms with Crippen LogP contribution in [0.2, 0.25) is 0 Å². The summed E-state index contributed by atoms with van der Waals surface area (Å²) in [6, 6.07) is 7.08. The van der Waals surface area contributed by atoms with E-state index in [1.165, 1.54) is 4.88 Å². The number of guanidine groups is 1. The van der Waals surface area contributed by atoms with Crippen LogP contribution in [0.3, 0.4) is 0 Å². The first-order chi connectivity index (χ1) is 14.6. The molecule has 0 radical (unpaired) electrons. The number of rotatable bonds is 8. The van der Waals surface area contributed by atoms with Gasteiger partial charge in [-0.15, -0.1) is 11.3 Å². The van der Waals surface area contributed by atoms with Gasteiger partial charge in [0.25, 0.3) is 0 Å². The highest BCUT2D eigenvalue weighted by Crippen LogP contribution is 2.24. The maximum Gasteiger partial charge on any atom is 0.387 e. The number of aromatic nitrogens is 1. The molecule has 164 valence electrons. The minimum absolute atomic E-state index is 0.177. The Labute approximate surface area is 180 Å². The van der Waals surface area contributed by atoms with Crippen LogP contribution in [-0.2, 0) is 12.8 Å². The number of ether oxygens (including phenoxy) is 1. The van der Waals surface area contributed by atoms with Crippen molar-refractivity contribution in [3.63, 3.8) is 0 Å². The molecule has 9 heteroatoms. The van der Waals surface area contributed by atoms with Gasteiger partial charge in [0.15, 0.2) is 5.96 Å².